The fourth-order valence-corrected chi connectivity index (χ4v) is 6.77. The zero-order valence-electron chi connectivity index (χ0n) is 30.9. The van der Waals surface area contributed by atoms with E-state index >= 15 is 0 Å². The highest BCUT2D eigenvalue weighted by Gasteiger charge is 2.17. The molecule has 0 unspecified atom stereocenters. The summed E-state index contributed by atoms with van der Waals surface area (Å²) in [4.78, 5) is 0. The molecule has 0 aliphatic rings. The van der Waals surface area contributed by atoms with E-state index in [-0.39, 0.29) is 0 Å². The molecule has 0 atom stereocenters. The minimum atomic E-state index is 1.23. The fraction of sp³-hybridized carbons (Fsp3) is 1.00. The molecule has 0 fully saturated rings. The van der Waals surface area contributed by atoms with Gasteiger partial charge in [-0.25, -0.2) is 0 Å². The monoisotopic (exact) mass is 595 g/mol. The zero-order chi connectivity index (χ0) is 31.0. The summed E-state index contributed by atoms with van der Waals surface area (Å²) in [5.74, 6) is 0. The molecule has 0 amide bonds. The highest BCUT2D eigenvalue weighted by Crippen LogP contribution is 2.16. The molecule has 2 heteroatoms. The van der Waals surface area contributed by atoms with Crippen LogP contribution in [0.3, 0.4) is 0 Å². The molecule has 0 aromatic rings. The van der Waals surface area contributed by atoms with E-state index in [0.29, 0.717) is 0 Å². The van der Waals surface area contributed by atoms with Crippen LogP contribution in [-0.2, 0) is 0 Å². The fourth-order valence-electron chi connectivity index (χ4n) is 6.77. The Hall–Kier alpha value is -0.0800. The van der Waals surface area contributed by atoms with E-state index in [1.54, 1.807) is 0 Å². The topological polar surface area (TPSA) is 0 Å². The summed E-state index contributed by atoms with van der Waals surface area (Å²) in [6.07, 6.45) is 43.6. The third-order valence-corrected chi connectivity index (χ3v) is 10.0. The van der Waals surface area contributed by atoms with Gasteiger partial charge in [-0.3, -0.25) is 0 Å². The molecule has 0 saturated heterocycles. The van der Waals surface area contributed by atoms with Crippen LogP contribution in [0.1, 0.15) is 206 Å². The molecule has 2 nitrogen and oxygen atoms in total. The maximum Gasteiger partial charge on any atom is 0.0784 e. The second-order valence-corrected chi connectivity index (χ2v) is 15.7. The SMILES string of the molecule is CCCCCCCCCCCCCCCC[N+](C)(C)CCCC[N+](C)(C)CCCCCCCCCCCCCCCC. The first-order chi connectivity index (χ1) is 20.3. The summed E-state index contributed by atoms with van der Waals surface area (Å²) >= 11 is 0. The van der Waals surface area contributed by atoms with Crippen molar-refractivity contribution in [2.24, 2.45) is 0 Å². The largest absolute Gasteiger partial charge is 0.328 e. The normalized spacial score (nSPS) is 12.4. The standard InChI is InChI=1S/C40H86N2/c1-7-9-11-13-15-17-19-21-23-25-27-29-31-33-37-41(3,4)39-35-36-40-42(5,6)38-34-32-30-28-26-24-22-20-18-16-14-12-10-8-2/h7-40H2,1-6H3/q+2. The molecule has 0 heterocycles. The van der Waals surface area contributed by atoms with Gasteiger partial charge in [0.05, 0.1) is 54.4 Å². The summed E-state index contributed by atoms with van der Waals surface area (Å²) in [6, 6.07) is 0. The van der Waals surface area contributed by atoms with Crippen LogP contribution in [0.4, 0.5) is 0 Å². The first-order valence-corrected chi connectivity index (χ1v) is 20.0. The van der Waals surface area contributed by atoms with Crippen molar-refractivity contribution in [1.29, 1.82) is 0 Å². The van der Waals surface area contributed by atoms with Crippen molar-refractivity contribution >= 4 is 0 Å². The molecular formula is C40H86N2+2. The van der Waals surface area contributed by atoms with Crippen LogP contribution in [0.15, 0.2) is 0 Å². The Balaban J connectivity index is 3.50. The van der Waals surface area contributed by atoms with Gasteiger partial charge in [-0.15, -0.1) is 0 Å². The van der Waals surface area contributed by atoms with E-state index in [1.807, 2.05) is 0 Å². The second kappa shape index (κ2) is 30.9. The number of rotatable bonds is 35. The van der Waals surface area contributed by atoms with Crippen molar-refractivity contribution in [2.45, 2.75) is 206 Å². The van der Waals surface area contributed by atoms with Crippen molar-refractivity contribution in [2.75, 3.05) is 54.4 Å². The third-order valence-electron chi connectivity index (χ3n) is 10.0. The van der Waals surface area contributed by atoms with Gasteiger partial charge in [-0.2, -0.15) is 0 Å². The second-order valence-electron chi connectivity index (χ2n) is 15.7. The number of nitrogens with zero attached hydrogens (tertiary/aromatic N) is 2. The maximum atomic E-state index is 2.47. The maximum absolute atomic E-state index is 2.47. The molecule has 0 radical (unpaired) electrons. The highest BCUT2D eigenvalue weighted by molar-refractivity contribution is 4.52. The van der Waals surface area contributed by atoms with Crippen LogP contribution >= 0.6 is 0 Å². The van der Waals surface area contributed by atoms with Crippen molar-refractivity contribution in [3.8, 4) is 0 Å². The Morgan fingerprint density at radius 3 is 0.548 bits per heavy atom. The van der Waals surface area contributed by atoms with E-state index in [1.165, 1.54) is 228 Å². The molecule has 0 bridgehead atoms. The predicted octanol–water partition coefficient (Wildman–Crippen LogP) is 12.9. The molecular weight excluding hydrogens is 508 g/mol. The quantitative estimate of drug-likeness (QED) is 0.0505. The van der Waals surface area contributed by atoms with Gasteiger partial charge >= 0.3 is 0 Å². The van der Waals surface area contributed by atoms with Gasteiger partial charge in [-0.05, 0) is 25.7 Å². The van der Waals surface area contributed by atoms with Crippen molar-refractivity contribution in [3.63, 3.8) is 0 Å². The molecule has 254 valence electrons. The lowest BCUT2D eigenvalue weighted by molar-refractivity contribution is -0.897. The van der Waals surface area contributed by atoms with E-state index in [0.717, 1.165) is 0 Å². The van der Waals surface area contributed by atoms with E-state index in [4.69, 9.17) is 0 Å². The Labute approximate surface area is 269 Å². The number of unbranched alkanes of at least 4 members (excludes halogenated alkanes) is 27. The highest BCUT2D eigenvalue weighted by atomic mass is 15.3. The van der Waals surface area contributed by atoms with Gasteiger partial charge in [0.1, 0.15) is 0 Å². The lowest BCUT2D eigenvalue weighted by atomic mass is 10.0. The van der Waals surface area contributed by atoms with Gasteiger partial charge in [0, 0.05) is 12.8 Å². The lowest BCUT2D eigenvalue weighted by Crippen LogP contribution is -2.43. The summed E-state index contributed by atoms with van der Waals surface area (Å²) in [7, 11) is 9.88. The number of quaternary nitrogens is 2. The first kappa shape index (κ1) is 41.9. The predicted molar refractivity (Wildman–Crippen MR) is 194 cm³/mol. The summed E-state index contributed by atoms with van der Waals surface area (Å²) < 4.78 is 2.45. The average molecular weight is 595 g/mol. The van der Waals surface area contributed by atoms with Gasteiger partial charge in [-0.1, -0.05) is 168 Å². The van der Waals surface area contributed by atoms with Gasteiger partial charge in [0.25, 0.3) is 0 Å². The summed E-state index contributed by atoms with van der Waals surface area (Å²) in [6.45, 7) is 10.1. The van der Waals surface area contributed by atoms with E-state index in [9.17, 15) is 0 Å². The van der Waals surface area contributed by atoms with Gasteiger partial charge < -0.3 is 8.97 Å². The van der Waals surface area contributed by atoms with Gasteiger partial charge in [0.2, 0.25) is 0 Å². The summed E-state index contributed by atoms with van der Waals surface area (Å²) in [5, 5.41) is 0. The van der Waals surface area contributed by atoms with Crippen molar-refractivity contribution in [1.82, 2.24) is 0 Å². The molecule has 0 rings (SSSR count). The van der Waals surface area contributed by atoms with Crippen LogP contribution in [0.2, 0.25) is 0 Å². The minimum absolute atomic E-state index is 1.23. The molecule has 42 heavy (non-hydrogen) atoms. The molecule has 0 aromatic heterocycles. The van der Waals surface area contributed by atoms with Crippen LogP contribution in [0.5, 0.6) is 0 Å². The lowest BCUT2D eigenvalue weighted by Gasteiger charge is -2.32. The molecule has 0 spiro atoms. The van der Waals surface area contributed by atoms with Crippen molar-refractivity contribution < 1.29 is 8.97 Å². The first-order valence-electron chi connectivity index (χ1n) is 20.0. The Bertz CT molecular complexity index is 466. The van der Waals surface area contributed by atoms with Crippen LogP contribution in [0, 0.1) is 0 Å². The van der Waals surface area contributed by atoms with Gasteiger partial charge in [0.15, 0.2) is 0 Å². The third kappa shape index (κ3) is 32.8. The molecule has 0 aliphatic heterocycles. The minimum Gasteiger partial charge on any atom is -0.328 e. The Morgan fingerprint density at radius 1 is 0.214 bits per heavy atom. The molecule has 0 saturated carbocycles. The Morgan fingerprint density at radius 2 is 0.357 bits per heavy atom. The Kier molecular flexibility index (Phi) is 30.9. The van der Waals surface area contributed by atoms with Crippen LogP contribution < -0.4 is 0 Å². The smallest absolute Gasteiger partial charge is 0.0784 e. The average Bonchev–Trinajstić information content (AvgIpc) is 2.95. The van der Waals surface area contributed by atoms with Crippen molar-refractivity contribution in [3.05, 3.63) is 0 Å². The number of hydrogen-bond donors (Lipinski definition) is 0. The molecule has 0 aromatic carbocycles. The summed E-state index contributed by atoms with van der Waals surface area (Å²) in [5.41, 5.74) is 0. The molecule has 0 N–H and O–H groups in total. The number of hydrogen-bond acceptors (Lipinski definition) is 0. The van der Waals surface area contributed by atoms with Crippen LogP contribution in [-0.4, -0.2) is 63.3 Å². The zero-order valence-corrected chi connectivity index (χ0v) is 30.9. The van der Waals surface area contributed by atoms with Crippen LogP contribution in [0.25, 0.3) is 0 Å². The van der Waals surface area contributed by atoms with E-state index in [2.05, 4.69) is 42.0 Å². The molecule has 0 aliphatic carbocycles. The van der Waals surface area contributed by atoms with E-state index < -0.39 is 0 Å².